The lowest BCUT2D eigenvalue weighted by atomic mass is 9.94. The van der Waals surface area contributed by atoms with Gasteiger partial charge in [-0.3, -0.25) is 0 Å². The quantitative estimate of drug-likeness (QED) is 0.801. The zero-order valence-corrected chi connectivity index (χ0v) is 15.9. The number of carbonyl (C=O) groups excluding carboxylic acids is 2. The molecule has 7 heteroatoms. The molecule has 1 N–H and O–H groups in total. The molecule has 3 rings (SSSR count). The predicted molar refractivity (Wildman–Crippen MR) is 97.1 cm³/mol. The van der Waals surface area contributed by atoms with Crippen LogP contribution in [-0.4, -0.2) is 31.3 Å². The third-order valence-corrected chi connectivity index (χ3v) is 5.03. The van der Waals surface area contributed by atoms with Crippen molar-refractivity contribution in [2.45, 2.75) is 45.1 Å². The standard InChI is InChI=1S/C19H22ClNO5/c1-4-21-18(23)25-16-15(17(22)26-19(16)7-5-6-8-19)14-12(20)9-11(2)10-13(14)24-3/h9-10H,4-8H2,1-3H3,(H,21,23). The van der Waals surface area contributed by atoms with E-state index in [-0.39, 0.29) is 11.3 Å². The van der Waals surface area contributed by atoms with E-state index in [0.717, 1.165) is 18.4 Å². The van der Waals surface area contributed by atoms with Crippen molar-refractivity contribution in [1.29, 1.82) is 0 Å². The molecule has 1 aromatic rings. The fraction of sp³-hybridized carbons (Fsp3) is 0.474. The van der Waals surface area contributed by atoms with Crippen LogP contribution in [0.5, 0.6) is 5.75 Å². The van der Waals surface area contributed by atoms with Gasteiger partial charge < -0.3 is 19.5 Å². The summed E-state index contributed by atoms with van der Waals surface area (Å²) in [6, 6.07) is 3.52. The Kier molecular flexibility index (Phi) is 5.14. The van der Waals surface area contributed by atoms with E-state index < -0.39 is 17.7 Å². The van der Waals surface area contributed by atoms with Gasteiger partial charge in [-0.25, -0.2) is 9.59 Å². The van der Waals surface area contributed by atoms with Gasteiger partial charge in [0.1, 0.15) is 11.3 Å². The van der Waals surface area contributed by atoms with Gasteiger partial charge in [0.25, 0.3) is 0 Å². The number of alkyl carbamates (subject to hydrolysis) is 1. The van der Waals surface area contributed by atoms with E-state index in [0.29, 0.717) is 35.7 Å². The van der Waals surface area contributed by atoms with Gasteiger partial charge in [-0.15, -0.1) is 0 Å². The number of rotatable bonds is 4. The molecular weight excluding hydrogens is 358 g/mol. The van der Waals surface area contributed by atoms with Crippen molar-refractivity contribution in [1.82, 2.24) is 5.32 Å². The van der Waals surface area contributed by atoms with Crippen LogP contribution >= 0.6 is 11.6 Å². The van der Waals surface area contributed by atoms with Crippen LogP contribution in [0.1, 0.15) is 43.7 Å². The molecule has 1 saturated carbocycles. The highest BCUT2D eigenvalue weighted by molar-refractivity contribution is 6.35. The number of methoxy groups -OCH3 is 1. The molecular formula is C19H22ClNO5. The number of esters is 1. The lowest BCUT2D eigenvalue weighted by Crippen LogP contribution is -2.33. The molecule has 1 aliphatic carbocycles. The molecule has 2 aliphatic rings. The van der Waals surface area contributed by atoms with Crippen LogP contribution in [0.25, 0.3) is 5.57 Å². The van der Waals surface area contributed by atoms with Gasteiger partial charge in [0, 0.05) is 6.54 Å². The fourth-order valence-corrected chi connectivity index (χ4v) is 3.98. The lowest BCUT2D eigenvalue weighted by Gasteiger charge is -2.24. The highest BCUT2D eigenvalue weighted by Gasteiger charge is 2.53. The first-order valence-corrected chi connectivity index (χ1v) is 9.08. The maximum Gasteiger partial charge on any atom is 0.412 e. The van der Waals surface area contributed by atoms with Gasteiger partial charge in [-0.1, -0.05) is 11.6 Å². The topological polar surface area (TPSA) is 73.9 Å². The molecule has 0 bridgehead atoms. The first-order valence-electron chi connectivity index (χ1n) is 8.70. The molecule has 0 saturated heterocycles. The van der Waals surface area contributed by atoms with Gasteiger partial charge >= 0.3 is 12.1 Å². The third kappa shape index (κ3) is 3.14. The van der Waals surface area contributed by atoms with E-state index in [1.165, 1.54) is 7.11 Å². The molecule has 6 nitrogen and oxygen atoms in total. The summed E-state index contributed by atoms with van der Waals surface area (Å²) in [5, 5.41) is 2.94. The Balaban J connectivity index is 2.19. The van der Waals surface area contributed by atoms with E-state index in [2.05, 4.69) is 5.32 Å². The summed E-state index contributed by atoms with van der Waals surface area (Å²) in [7, 11) is 1.51. The number of hydrogen-bond acceptors (Lipinski definition) is 5. The SMILES string of the molecule is CCNC(=O)OC1=C(c2c(Cl)cc(C)cc2OC)C(=O)OC12CCCC2. The highest BCUT2D eigenvalue weighted by Crippen LogP contribution is 2.50. The minimum atomic E-state index is -0.906. The number of halogens is 1. The number of hydrogen-bond donors (Lipinski definition) is 1. The van der Waals surface area contributed by atoms with Crippen LogP contribution in [-0.2, 0) is 14.3 Å². The molecule has 140 valence electrons. The Bertz CT molecular complexity index is 780. The van der Waals surface area contributed by atoms with Gasteiger partial charge in [0.2, 0.25) is 0 Å². The average Bonchev–Trinajstić information content (AvgIpc) is 3.14. The van der Waals surface area contributed by atoms with Crippen LogP contribution in [0.15, 0.2) is 17.9 Å². The van der Waals surface area contributed by atoms with Crippen molar-refractivity contribution in [3.63, 3.8) is 0 Å². The lowest BCUT2D eigenvalue weighted by molar-refractivity contribution is -0.146. The molecule has 26 heavy (non-hydrogen) atoms. The van der Waals surface area contributed by atoms with E-state index in [1.54, 1.807) is 19.1 Å². The Labute approximate surface area is 157 Å². The Hall–Kier alpha value is -2.21. The van der Waals surface area contributed by atoms with Crippen molar-refractivity contribution in [3.8, 4) is 5.75 Å². The number of nitrogens with one attached hydrogen (secondary N) is 1. The number of benzene rings is 1. The second kappa shape index (κ2) is 7.19. The molecule has 0 unspecified atom stereocenters. The summed E-state index contributed by atoms with van der Waals surface area (Å²) in [5.74, 6) is 0.124. The molecule has 1 heterocycles. The molecule has 0 aromatic heterocycles. The maximum absolute atomic E-state index is 12.8. The van der Waals surface area contributed by atoms with Gasteiger partial charge in [-0.05, 0) is 57.2 Å². The summed E-state index contributed by atoms with van der Waals surface area (Å²) in [4.78, 5) is 24.9. The largest absolute Gasteiger partial charge is 0.496 e. The normalized spacial score (nSPS) is 18.2. The fourth-order valence-electron chi connectivity index (χ4n) is 3.62. The molecule has 1 aromatic carbocycles. The molecule has 1 spiro atoms. The minimum absolute atomic E-state index is 0.167. The summed E-state index contributed by atoms with van der Waals surface area (Å²) >= 11 is 6.44. The van der Waals surface area contributed by atoms with E-state index in [1.807, 2.05) is 6.92 Å². The number of aryl methyl sites for hydroxylation is 1. The minimum Gasteiger partial charge on any atom is -0.496 e. The summed E-state index contributed by atoms with van der Waals surface area (Å²) < 4.78 is 16.7. The first kappa shape index (κ1) is 18.6. The first-order chi connectivity index (χ1) is 12.4. The summed E-state index contributed by atoms with van der Waals surface area (Å²) in [6.07, 6.45) is 2.39. The van der Waals surface area contributed by atoms with Gasteiger partial charge in [-0.2, -0.15) is 0 Å². The second-order valence-corrected chi connectivity index (χ2v) is 6.95. The second-order valence-electron chi connectivity index (χ2n) is 6.54. The predicted octanol–water partition coefficient (Wildman–Crippen LogP) is 3.98. The summed E-state index contributed by atoms with van der Waals surface area (Å²) in [5.41, 5.74) is 0.550. The monoisotopic (exact) mass is 379 g/mol. The van der Waals surface area contributed by atoms with Crippen LogP contribution in [0, 0.1) is 6.92 Å². The molecule has 0 radical (unpaired) electrons. The Morgan fingerprint density at radius 3 is 2.65 bits per heavy atom. The van der Waals surface area contributed by atoms with Crippen molar-refractivity contribution >= 4 is 29.2 Å². The van der Waals surface area contributed by atoms with Crippen LogP contribution in [0.3, 0.4) is 0 Å². The average molecular weight is 380 g/mol. The van der Waals surface area contributed by atoms with Gasteiger partial charge in [0.15, 0.2) is 11.4 Å². The van der Waals surface area contributed by atoms with Crippen molar-refractivity contribution in [2.75, 3.05) is 13.7 Å². The molecule has 1 amide bonds. The Morgan fingerprint density at radius 2 is 2.04 bits per heavy atom. The Morgan fingerprint density at radius 1 is 1.35 bits per heavy atom. The molecule has 1 fully saturated rings. The van der Waals surface area contributed by atoms with Crippen LogP contribution in [0.2, 0.25) is 5.02 Å². The number of ether oxygens (including phenoxy) is 3. The van der Waals surface area contributed by atoms with Crippen molar-refractivity contribution in [2.24, 2.45) is 0 Å². The molecule has 0 atom stereocenters. The zero-order valence-electron chi connectivity index (χ0n) is 15.1. The molecule has 1 aliphatic heterocycles. The zero-order chi connectivity index (χ0) is 18.9. The van der Waals surface area contributed by atoms with Crippen LogP contribution in [0.4, 0.5) is 4.79 Å². The van der Waals surface area contributed by atoms with Crippen LogP contribution < -0.4 is 10.1 Å². The van der Waals surface area contributed by atoms with E-state index >= 15 is 0 Å². The van der Waals surface area contributed by atoms with Crippen molar-refractivity contribution in [3.05, 3.63) is 34.0 Å². The number of amides is 1. The van der Waals surface area contributed by atoms with E-state index in [4.69, 9.17) is 25.8 Å². The smallest absolute Gasteiger partial charge is 0.412 e. The number of carbonyl (C=O) groups is 2. The van der Waals surface area contributed by atoms with Gasteiger partial charge in [0.05, 0.1) is 17.7 Å². The maximum atomic E-state index is 12.8. The highest BCUT2D eigenvalue weighted by atomic mass is 35.5. The van der Waals surface area contributed by atoms with E-state index in [9.17, 15) is 9.59 Å². The summed E-state index contributed by atoms with van der Waals surface area (Å²) in [6.45, 7) is 4.08. The van der Waals surface area contributed by atoms with Crippen molar-refractivity contribution < 1.29 is 23.8 Å². The third-order valence-electron chi connectivity index (χ3n) is 4.73.